The fraction of sp³-hybridized carbons (Fsp3) is 0.500. The van der Waals surface area contributed by atoms with Crippen LogP contribution in [0.25, 0.3) is 0 Å². The molecule has 0 bridgehead atoms. The summed E-state index contributed by atoms with van der Waals surface area (Å²) in [5, 5.41) is 19.8. The zero-order chi connectivity index (χ0) is 13.1. The number of likely N-dealkylation sites (N-methyl/N-ethyl adjacent to an activating group) is 1. The van der Waals surface area contributed by atoms with E-state index in [4.69, 9.17) is 16.9 Å². The van der Waals surface area contributed by atoms with Crippen LogP contribution in [-0.4, -0.2) is 24.3 Å². The average Bonchev–Trinajstić information content (AvgIpc) is 2.38. The van der Waals surface area contributed by atoms with E-state index in [-0.39, 0.29) is 12.1 Å². The molecule has 1 saturated carbocycles. The van der Waals surface area contributed by atoms with Crippen molar-refractivity contribution in [1.82, 2.24) is 0 Å². The number of aliphatic hydroxyl groups excluding tert-OH is 1. The van der Waals surface area contributed by atoms with Crippen LogP contribution >= 0.6 is 11.6 Å². The van der Waals surface area contributed by atoms with Crippen LogP contribution in [0.15, 0.2) is 18.2 Å². The molecule has 2 rings (SSSR count). The third kappa shape index (κ3) is 2.60. The molecule has 2 atom stereocenters. The zero-order valence-corrected chi connectivity index (χ0v) is 11.2. The first-order valence-corrected chi connectivity index (χ1v) is 6.62. The Morgan fingerprint density at radius 2 is 2.11 bits per heavy atom. The fourth-order valence-corrected chi connectivity index (χ4v) is 2.78. The van der Waals surface area contributed by atoms with Crippen molar-refractivity contribution in [3.63, 3.8) is 0 Å². The fourth-order valence-electron chi connectivity index (χ4n) is 2.61. The van der Waals surface area contributed by atoms with Crippen molar-refractivity contribution in [1.29, 1.82) is 5.26 Å². The van der Waals surface area contributed by atoms with Crippen molar-refractivity contribution >= 4 is 17.3 Å². The molecule has 4 heteroatoms. The van der Waals surface area contributed by atoms with Gasteiger partial charge in [0, 0.05) is 12.1 Å². The van der Waals surface area contributed by atoms with Gasteiger partial charge in [0.2, 0.25) is 0 Å². The van der Waals surface area contributed by atoms with Crippen molar-refractivity contribution < 1.29 is 5.11 Å². The van der Waals surface area contributed by atoms with Crippen LogP contribution in [0.2, 0.25) is 5.02 Å². The highest BCUT2D eigenvalue weighted by Crippen LogP contribution is 2.30. The molecule has 1 aromatic carbocycles. The second-order valence-electron chi connectivity index (χ2n) is 4.80. The number of aliphatic hydroxyl groups is 1. The number of halogens is 1. The molecule has 0 spiro atoms. The van der Waals surface area contributed by atoms with E-state index in [0.717, 1.165) is 31.4 Å². The van der Waals surface area contributed by atoms with Crippen LogP contribution < -0.4 is 4.90 Å². The first kappa shape index (κ1) is 13.2. The van der Waals surface area contributed by atoms with E-state index in [1.165, 1.54) is 0 Å². The van der Waals surface area contributed by atoms with Crippen molar-refractivity contribution in [3.05, 3.63) is 28.8 Å². The number of hydrogen-bond acceptors (Lipinski definition) is 3. The second kappa shape index (κ2) is 5.60. The number of benzene rings is 1. The van der Waals surface area contributed by atoms with Crippen LogP contribution in [0.1, 0.15) is 31.2 Å². The molecule has 2 unspecified atom stereocenters. The highest BCUT2D eigenvalue weighted by Gasteiger charge is 2.27. The van der Waals surface area contributed by atoms with E-state index in [1.807, 2.05) is 11.9 Å². The molecule has 0 aliphatic heterocycles. The van der Waals surface area contributed by atoms with Gasteiger partial charge in [0.25, 0.3) is 0 Å². The summed E-state index contributed by atoms with van der Waals surface area (Å²) in [5.41, 5.74) is 1.40. The van der Waals surface area contributed by atoms with Gasteiger partial charge in [0.05, 0.1) is 23.4 Å². The van der Waals surface area contributed by atoms with Gasteiger partial charge in [-0.1, -0.05) is 24.4 Å². The van der Waals surface area contributed by atoms with Crippen LogP contribution in [0.5, 0.6) is 0 Å². The molecule has 3 nitrogen and oxygen atoms in total. The summed E-state index contributed by atoms with van der Waals surface area (Å²) in [4.78, 5) is 1.99. The van der Waals surface area contributed by atoms with E-state index in [0.29, 0.717) is 10.6 Å². The number of nitrogens with zero attached hydrogens (tertiary/aromatic N) is 2. The van der Waals surface area contributed by atoms with Crippen molar-refractivity contribution in [2.75, 3.05) is 11.9 Å². The topological polar surface area (TPSA) is 47.3 Å². The van der Waals surface area contributed by atoms with Gasteiger partial charge >= 0.3 is 0 Å². The van der Waals surface area contributed by atoms with Gasteiger partial charge in [0.15, 0.2) is 0 Å². The Hall–Kier alpha value is -1.24. The first-order valence-electron chi connectivity index (χ1n) is 6.24. The van der Waals surface area contributed by atoms with Gasteiger partial charge in [-0.3, -0.25) is 0 Å². The lowest BCUT2D eigenvalue weighted by Gasteiger charge is -2.37. The smallest absolute Gasteiger partial charge is 0.101 e. The maximum atomic E-state index is 10.1. The lowest BCUT2D eigenvalue weighted by molar-refractivity contribution is 0.106. The molecule has 1 aliphatic carbocycles. The SMILES string of the molecule is CN(c1cc(Cl)ccc1C#N)C1CCCCC1O. The third-order valence-electron chi connectivity index (χ3n) is 3.65. The normalized spacial score (nSPS) is 23.4. The van der Waals surface area contributed by atoms with Gasteiger partial charge in [-0.25, -0.2) is 0 Å². The predicted octanol–water partition coefficient (Wildman–Crippen LogP) is 2.95. The molecule has 0 heterocycles. The quantitative estimate of drug-likeness (QED) is 0.893. The van der Waals surface area contributed by atoms with E-state index >= 15 is 0 Å². The standard InChI is InChI=1S/C14H17ClN2O/c1-17(12-4-2-3-5-14(12)18)13-8-11(15)7-6-10(13)9-16/h6-8,12,14,18H,2-5H2,1H3. The molecule has 0 radical (unpaired) electrons. The predicted molar refractivity (Wildman–Crippen MR) is 72.8 cm³/mol. The van der Waals surface area contributed by atoms with Crippen LogP contribution in [-0.2, 0) is 0 Å². The molecule has 0 amide bonds. The molecule has 1 fully saturated rings. The van der Waals surface area contributed by atoms with Crippen LogP contribution in [0, 0.1) is 11.3 Å². The molecule has 1 aromatic rings. The van der Waals surface area contributed by atoms with Crippen molar-refractivity contribution in [3.8, 4) is 6.07 Å². The summed E-state index contributed by atoms with van der Waals surface area (Å²) < 4.78 is 0. The maximum absolute atomic E-state index is 10.1. The minimum Gasteiger partial charge on any atom is -0.391 e. The molecule has 18 heavy (non-hydrogen) atoms. The maximum Gasteiger partial charge on any atom is 0.101 e. The Balaban J connectivity index is 2.30. The second-order valence-corrected chi connectivity index (χ2v) is 5.24. The average molecular weight is 265 g/mol. The number of nitriles is 1. The summed E-state index contributed by atoms with van der Waals surface area (Å²) in [5.74, 6) is 0. The summed E-state index contributed by atoms with van der Waals surface area (Å²) in [7, 11) is 1.92. The van der Waals surface area contributed by atoms with E-state index in [1.54, 1.807) is 18.2 Å². The minimum atomic E-state index is -0.325. The van der Waals surface area contributed by atoms with Gasteiger partial charge in [-0.05, 0) is 31.0 Å². The Morgan fingerprint density at radius 1 is 1.39 bits per heavy atom. The summed E-state index contributed by atoms with van der Waals surface area (Å²) in [6.07, 6.45) is 3.65. The number of anilines is 1. The molecular weight excluding hydrogens is 248 g/mol. The van der Waals surface area contributed by atoms with E-state index in [9.17, 15) is 5.11 Å². The van der Waals surface area contributed by atoms with Gasteiger partial charge in [-0.15, -0.1) is 0 Å². The Kier molecular flexibility index (Phi) is 4.11. The lowest BCUT2D eigenvalue weighted by Crippen LogP contribution is -2.43. The van der Waals surface area contributed by atoms with Crippen molar-refractivity contribution in [2.24, 2.45) is 0 Å². The summed E-state index contributed by atoms with van der Waals surface area (Å²) in [6.45, 7) is 0. The van der Waals surface area contributed by atoms with Crippen LogP contribution in [0.4, 0.5) is 5.69 Å². The van der Waals surface area contributed by atoms with Gasteiger partial charge in [-0.2, -0.15) is 5.26 Å². The highest BCUT2D eigenvalue weighted by molar-refractivity contribution is 6.30. The Morgan fingerprint density at radius 3 is 2.78 bits per heavy atom. The number of hydrogen-bond donors (Lipinski definition) is 1. The van der Waals surface area contributed by atoms with E-state index in [2.05, 4.69) is 6.07 Å². The lowest BCUT2D eigenvalue weighted by atomic mass is 9.91. The highest BCUT2D eigenvalue weighted by atomic mass is 35.5. The van der Waals surface area contributed by atoms with Gasteiger partial charge < -0.3 is 10.0 Å². The Bertz CT molecular complexity index is 469. The summed E-state index contributed by atoms with van der Waals surface area (Å²) in [6, 6.07) is 7.48. The third-order valence-corrected chi connectivity index (χ3v) is 3.89. The van der Waals surface area contributed by atoms with Crippen LogP contribution in [0.3, 0.4) is 0 Å². The van der Waals surface area contributed by atoms with Crippen molar-refractivity contribution in [2.45, 2.75) is 37.8 Å². The molecule has 0 aromatic heterocycles. The molecule has 0 saturated heterocycles. The van der Waals surface area contributed by atoms with Gasteiger partial charge in [0.1, 0.15) is 6.07 Å². The summed E-state index contributed by atoms with van der Waals surface area (Å²) >= 11 is 5.99. The zero-order valence-electron chi connectivity index (χ0n) is 10.4. The number of rotatable bonds is 2. The minimum absolute atomic E-state index is 0.0734. The molecule has 96 valence electrons. The molecule has 1 aliphatic rings. The Labute approximate surface area is 113 Å². The molecular formula is C14H17ClN2O. The van der Waals surface area contributed by atoms with E-state index < -0.39 is 0 Å². The monoisotopic (exact) mass is 264 g/mol. The largest absolute Gasteiger partial charge is 0.391 e. The first-order chi connectivity index (χ1) is 8.63. The molecule has 1 N–H and O–H groups in total.